The minimum absolute atomic E-state index is 0. The normalized spacial score (nSPS) is 10.7. The second-order valence-electron chi connectivity index (χ2n) is 5.52. The molecule has 0 unspecified atom stereocenters. The zero-order chi connectivity index (χ0) is 19.8. The van der Waals surface area contributed by atoms with E-state index >= 15 is 0 Å². The number of ether oxygens (including phenoxy) is 3. The van der Waals surface area contributed by atoms with Crippen LogP contribution < -0.4 is 24.8 Å². The van der Waals surface area contributed by atoms with Crippen LogP contribution in [0, 0.1) is 5.82 Å². The first kappa shape index (κ1) is 24.1. The van der Waals surface area contributed by atoms with E-state index in [9.17, 15) is 4.39 Å². The van der Waals surface area contributed by atoms with Crippen molar-refractivity contribution in [2.75, 3.05) is 40.2 Å². The Bertz CT molecular complexity index is 796. The van der Waals surface area contributed by atoms with Gasteiger partial charge in [-0.1, -0.05) is 17.7 Å². The van der Waals surface area contributed by atoms with Crippen LogP contribution in [0.1, 0.15) is 5.56 Å². The molecular formula is C19H24ClFIN3O3. The van der Waals surface area contributed by atoms with Crippen LogP contribution >= 0.6 is 35.6 Å². The van der Waals surface area contributed by atoms with Gasteiger partial charge in [-0.15, -0.1) is 24.0 Å². The second kappa shape index (κ2) is 11.8. The quantitative estimate of drug-likeness (QED) is 0.321. The second-order valence-corrected chi connectivity index (χ2v) is 5.93. The maximum absolute atomic E-state index is 13.1. The van der Waals surface area contributed by atoms with Crippen LogP contribution in [0.5, 0.6) is 17.2 Å². The molecule has 0 saturated heterocycles. The molecule has 0 aliphatic rings. The number of nitrogens with one attached hydrogen (secondary N) is 2. The molecule has 2 N–H and O–H groups in total. The summed E-state index contributed by atoms with van der Waals surface area (Å²) in [6.07, 6.45) is 0.620. The van der Waals surface area contributed by atoms with E-state index in [1.807, 2.05) is 0 Å². The van der Waals surface area contributed by atoms with Crippen molar-refractivity contribution in [2.24, 2.45) is 4.99 Å². The number of nitrogens with zero attached hydrogens (tertiary/aromatic N) is 1. The van der Waals surface area contributed by atoms with E-state index in [1.54, 1.807) is 46.6 Å². The molecule has 2 aromatic rings. The van der Waals surface area contributed by atoms with E-state index in [0.29, 0.717) is 41.2 Å². The molecule has 0 heterocycles. The first-order chi connectivity index (χ1) is 13.0. The van der Waals surface area contributed by atoms with Crippen LogP contribution in [0.25, 0.3) is 0 Å². The molecule has 9 heteroatoms. The Labute approximate surface area is 186 Å². The van der Waals surface area contributed by atoms with Gasteiger partial charge in [-0.25, -0.2) is 4.39 Å². The number of benzene rings is 2. The van der Waals surface area contributed by atoms with Gasteiger partial charge >= 0.3 is 0 Å². The molecule has 154 valence electrons. The number of halogens is 3. The Morgan fingerprint density at radius 1 is 1.07 bits per heavy atom. The number of aliphatic imine (C=N–C) groups is 1. The van der Waals surface area contributed by atoms with Gasteiger partial charge in [0.05, 0.1) is 21.3 Å². The number of hydrogen-bond acceptors (Lipinski definition) is 4. The summed E-state index contributed by atoms with van der Waals surface area (Å²) < 4.78 is 29.1. The van der Waals surface area contributed by atoms with E-state index in [-0.39, 0.29) is 29.8 Å². The summed E-state index contributed by atoms with van der Waals surface area (Å²) in [4.78, 5) is 4.19. The average molecular weight is 524 g/mol. The molecule has 0 spiro atoms. The summed E-state index contributed by atoms with van der Waals surface area (Å²) in [6.45, 7) is 0.565. The highest BCUT2D eigenvalue weighted by Gasteiger charge is 2.14. The van der Waals surface area contributed by atoms with Crippen LogP contribution in [-0.2, 0) is 6.42 Å². The van der Waals surface area contributed by atoms with Crippen LogP contribution in [-0.4, -0.2) is 40.9 Å². The Balaban J connectivity index is 0.00000392. The lowest BCUT2D eigenvalue weighted by atomic mass is 10.1. The zero-order valence-corrected chi connectivity index (χ0v) is 19.2. The predicted molar refractivity (Wildman–Crippen MR) is 122 cm³/mol. The summed E-state index contributed by atoms with van der Waals surface area (Å²) in [5.74, 6) is 1.79. The summed E-state index contributed by atoms with van der Waals surface area (Å²) in [5.41, 5.74) is 1.58. The Morgan fingerprint density at radius 3 is 2.21 bits per heavy atom. The van der Waals surface area contributed by atoms with Crippen molar-refractivity contribution in [3.05, 3.63) is 46.7 Å². The molecule has 0 atom stereocenters. The van der Waals surface area contributed by atoms with Crippen molar-refractivity contribution in [1.29, 1.82) is 0 Å². The Morgan fingerprint density at radius 2 is 1.71 bits per heavy atom. The van der Waals surface area contributed by atoms with Crippen LogP contribution in [0.15, 0.2) is 35.3 Å². The monoisotopic (exact) mass is 523 g/mol. The highest BCUT2D eigenvalue weighted by atomic mass is 127. The summed E-state index contributed by atoms with van der Waals surface area (Å²) in [5, 5.41) is 6.76. The van der Waals surface area contributed by atoms with Crippen LogP contribution in [0.4, 0.5) is 10.1 Å². The van der Waals surface area contributed by atoms with Crippen molar-refractivity contribution in [1.82, 2.24) is 5.32 Å². The third-order valence-electron chi connectivity index (χ3n) is 3.85. The van der Waals surface area contributed by atoms with Crippen molar-refractivity contribution in [3.8, 4) is 17.2 Å². The molecule has 0 fully saturated rings. The van der Waals surface area contributed by atoms with Gasteiger partial charge in [0.2, 0.25) is 5.75 Å². The molecule has 2 rings (SSSR count). The number of hydrogen-bond donors (Lipinski definition) is 2. The molecular weight excluding hydrogens is 500 g/mol. The van der Waals surface area contributed by atoms with Gasteiger partial charge in [-0.3, -0.25) is 4.99 Å². The standard InChI is InChI=1S/C19H23ClFN3O3.HI/c1-22-19(23-8-7-12-5-6-13(21)9-15(12)20)24-14-10-16(25-2)18(27-4)17(11-14)26-3;/h5-6,9-11H,7-8H2,1-4H3,(H2,22,23,24);1H. The molecule has 28 heavy (non-hydrogen) atoms. The van der Waals surface area contributed by atoms with E-state index in [2.05, 4.69) is 15.6 Å². The van der Waals surface area contributed by atoms with E-state index < -0.39 is 0 Å². The summed E-state index contributed by atoms with van der Waals surface area (Å²) >= 11 is 6.05. The fraction of sp³-hybridized carbons (Fsp3) is 0.316. The van der Waals surface area contributed by atoms with Gasteiger partial charge in [0.15, 0.2) is 17.5 Å². The van der Waals surface area contributed by atoms with E-state index in [0.717, 1.165) is 11.3 Å². The molecule has 0 radical (unpaired) electrons. The maximum atomic E-state index is 13.1. The highest BCUT2D eigenvalue weighted by Crippen LogP contribution is 2.39. The van der Waals surface area contributed by atoms with Crippen molar-refractivity contribution in [3.63, 3.8) is 0 Å². The number of methoxy groups -OCH3 is 3. The average Bonchev–Trinajstić information content (AvgIpc) is 2.67. The van der Waals surface area contributed by atoms with Crippen molar-refractivity contribution >= 4 is 47.2 Å². The zero-order valence-electron chi connectivity index (χ0n) is 16.1. The van der Waals surface area contributed by atoms with Gasteiger partial charge < -0.3 is 24.8 Å². The SMILES string of the molecule is CN=C(NCCc1ccc(F)cc1Cl)Nc1cc(OC)c(OC)c(OC)c1.I. The lowest BCUT2D eigenvalue weighted by Crippen LogP contribution is -2.32. The molecule has 0 aliphatic carbocycles. The van der Waals surface area contributed by atoms with Gasteiger partial charge in [-0.05, 0) is 24.1 Å². The third-order valence-corrected chi connectivity index (χ3v) is 4.20. The fourth-order valence-electron chi connectivity index (χ4n) is 2.51. The third kappa shape index (κ3) is 6.30. The lowest BCUT2D eigenvalue weighted by molar-refractivity contribution is 0.324. The van der Waals surface area contributed by atoms with Crippen molar-refractivity contribution in [2.45, 2.75) is 6.42 Å². The molecule has 2 aromatic carbocycles. The van der Waals surface area contributed by atoms with Gasteiger partial charge in [0.1, 0.15) is 5.82 Å². The maximum Gasteiger partial charge on any atom is 0.203 e. The van der Waals surface area contributed by atoms with E-state index in [4.69, 9.17) is 25.8 Å². The smallest absolute Gasteiger partial charge is 0.203 e. The molecule has 0 amide bonds. The minimum atomic E-state index is -0.350. The van der Waals surface area contributed by atoms with Crippen molar-refractivity contribution < 1.29 is 18.6 Å². The first-order valence-corrected chi connectivity index (χ1v) is 8.61. The fourth-order valence-corrected chi connectivity index (χ4v) is 2.77. The summed E-state index contributed by atoms with van der Waals surface area (Å²) in [6, 6.07) is 7.94. The Hall–Kier alpha value is -1.94. The molecule has 0 saturated carbocycles. The van der Waals surface area contributed by atoms with Crippen LogP contribution in [0.3, 0.4) is 0 Å². The number of rotatable bonds is 7. The van der Waals surface area contributed by atoms with Gasteiger partial charge in [-0.2, -0.15) is 0 Å². The molecule has 6 nitrogen and oxygen atoms in total. The lowest BCUT2D eigenvalue weighted by Gasteiger charge is -2.16. The largest absolute Gasteiger partial charge is 0.493 e. The number of anilines is 1. The highest BCUT2D eigenvalue weighted by molar-refractivity contribution is 14.0. The Kier molecular flexibility index (Phi) is 10.2. The molecule has 0 bridgehead atoms. The van der Waals surface area contributed by atoms with E-state index in [1.165, 1.54) is 12.1 Å². The first-order valence-electron chi connectivity index (χ1n) is 8.24. The predicted octanol–water partition coefficient (Wildman–Crippen LogP) is 4.35. The minimum Gasteiger partial charge on any atom is -0.493 e. The van der Waals surface area contributed by atoms with Crippen LogP contribution in [0.2, 0.25) is 5.02 Å². The van der Waals surface area contributed by atoms with Gasteiger partial charge in [0, 0.05) is 36.4 Å². The topological polar surface area (TPSA) is 64.1 Å². The number of guanidine groups is 1. The summed E-state index contributed by atoms with van der Waals surface area (Å²) in [7, 11) is 6.33. The molecule has 0 aromatic heterocycles. The van der Waals surface area contributed by atoms with Gasteiger partial charge in [0.25, 0.3) is 0 Å². The molecule has 0 aliphatic heterocycles.